The first-order valence-corrected chi connectivity index (χ1v) is 14.5. The van der Waals surface area contributed by atoms with E-state index in [2.05, 4.69) is 0 Å². The molecule has 0 spiro atoms. The maximum absolute atomic E-state index is 13.5. The molecular weight excluding hydrogens is 608 g/mol. The highest BCUT2D eigenvalue weighted by molar-refractivity contribution is 6.30. The van der Waals surface area contributed by atoms with E-state index in [4.69, 9.17) is 28.4 Å². The molecule has 2 aromatic carbocycles. The summed E-state index contributed by atoms with van der Waals surface area (Å²) in [5, 5.41) is 22.9. The molecule has 1 heterocycles. The summed E-state index contributed by atoms with van der Waals surface area (Å²) < 4.78 is 33.8. The Kier molecular flexibility index (Phi) is 9.13. The van der Waals surface area contributed by atoms with Gasteiger partial charge >= 0.3 is 23.9 Å². The van der Waals surface area contributed by atoms with Crippen molar-refractivity contribution >= 4 is 35.4 Å². The van der Waals surface area contributed by atoms with E-state index in [1.54, 1.807) is 12.1 Å². The summed E-state index contributed by atoms with van der Waals surface area (Å²) in [6.07, 6.45) is -7.56. The number of esters is 4. The molecule has 244 valence electrons. The van der Waals surface area contributed by atoms with Crippen LogP contribution < -0.4 is 0 Å². The van der Waals surface area contributed by atoms with Crippen LogP contribution in [0.15, 0.2) is 24.3 Å². The standard InChI is InChI=1S/C32H32O14/c1-13(33)41-12-21-29(42-14(2)34)30(43-15(3)35)31(44-16(4)36)32(46-21)45-20-11-7-10-19-22(20)28(40)24-23(27(19)39)25(37)17-8-5-6-9-18(17)26(24)38/h5-6,8-9,20-21,29-32,39-40H,7,10-12H2,1-4H3/t20-,21+,29+,30+,31+,32-/m1/s1. The smallest absolute Gasteiger partial charge is 0.303 e. The summed E-state index contributed by atoms with van der Waals surface area (Å²) in [6.45, 7) is 3.92. The fraction of sp³-hybridized carbons (Fsp3) is 0.438. The number of benzene rings is 2. The molecule has 0 radical (unpaired) electrons. The van der Waals surface area contributed by atoms with Gasteiger partial charge in [0.2, 0.25) is 0 Å². The van der Waals surface area contributed by atoms with Crippen LogP contribution in [0.5, 0.6) is 11.5 Å². The van der Waals surface area contributed by atoms with Gasteiger partial charge in [0.25, 0.3) is 0 Å². The molecule has 1 aliphatic heterocycles. The number of ketones is 2. The molecule has 0 saturated carbocycles. The van der Waals surface area contributed by atoms with E-state index >= 15 is 0 Å². The van der Waals surface area contributed by atoms with Crippen molar-refractivity contribution in [1.82, 2.24) is 0 Å². The number of phenolic OH excluding ortho intramolecular Hbond substituents is 2. The molecule has 0 unspecified atom stereocenters. The second-order valence-corrected chi connectivity index (χ2v) is 11.1. The Balaban J connectivity index is 1.58. The molecule has 14 nitrogen and oxygen atoms in total. The average molecular weight is 641 g/mol. The average Bonchev–Trinajstić information content (AvgIpc) is 2.99. The number of aromatic hydroxyl groups is 2. The number of carbonyl (C=O) groups is 6. The first-order valence-electron chi connectivity index (χ1n) is 14.5. The van der Waals surface area contributed by atoms with Crippen molar-refractivity contribution in [3.05, 3.63) is 57.6 Å². The quantitative estimate of drug-likeness (QED) is 0.217. The number of hydrogen-bond acceptors (Lipinski definition) is 14. The maximum Gasteiger partial charge on any atom is 0.303 e. The Morgan fingerprint density at radius 1 is 0.783 bits per heavy atom. The molecular formula is C32H32O14. The highest BCUT2D eigenvalue weighted by Gasteiger charge is 2.54. The zero-order valence-electron chi connectivity index (χ0n) is 25.4. The third-order valence-electron chi connectivity index (χ3n) is 7.92. The second kappa shape index (κ2) is 12.9. The van der Waals surface area contributed by atoms with Crippen LogP contribution in [0.4, 0.5) is 0 Å². The van der Waals surface area contributed by atoms with Gasteiger partial charge in [-0.15, -0.1) is 0 Å². The van der Waals surface area contributed by atoms with Crippen LogP contribution in [-0.4, -0.2) is 83.0 Å². The zero-order chi connectivity index (χ0) is 33.4. The van der Waals surface area contributed by atoms with Gasteiger partial charge in [0.05, 0.1) is 17.2 Å². The van der Waals surface area contributed by atoms with E-state index in [0.717, 1.165) is 27.7 Å². The minimum Gasteiger partial charge on any atom is -0.507 e. The number of ether oxygens (including phenoxy) is 6. The van der Waals surface area contributed by atoms with Gasteiger partial charge in [-0.25, -0.2) is 0 Å². The lowest BCUT2D eigenvalue weighted by atomic mass is 9.77. The molecule has 5 rings (SSSR count). The van der Waals surface area contributed by atoms with E-state index in [0.29, 0.717) is 6.42 Å². The number of phenols is 2. The first kappa shape index (κ1) is 32.6. The van der Waals surface area contributed by atoms with Gasteiger partial charge in [-0.1, -0.05) is 24.3 Å². The van der Waals surface area contributed by atoms with Gasteiger partial charge < -0.3 is 38.6 Å². The SMILES string of the molecule is CC(=O)OC[C@@H]1O[C@@H](O[C@@H]2CCCc3c(O)c4c(c(O)c32)C(=O)c2ccccc2C4=O)[C@@H](OC(C)=O)[C@@H](OC(C)=O)[C@H]1OC(C)=O. The van der Waals surface area contributed by atoms with Crippen molar-refractivity contribution < 1.29 is 67.4 Å². The van der Waals surface area contributed by atoms with E-state index in [-0.39, 0.29) is 46.2 Å². The predicted octanol–water partition coefficient (Wildman–Crippen LogP) is 2.35. The van der Waals surface area contributed by atoms with Gasteiger partial charge in [-0.2, -0.15) is 0 Å². The van der Waals surface area contributed by atoms with Crippen LogP contribution in [0.2, 0.25) is 0 Å². The van der Waals surface area contributed by atoms with E-state index < -0.39 is 90.4 Å². The van der Waals surface area contributed by atoms with Crippen molar-refractivity contribution in [2.75, 3.05) is 6.61 Å². The molecule has 1 fully saturated rings. The molecule has 2 aromatic rings. The first-order chi connectivity index (χ1) is 21.8. The Morgan fingerprint density at radius 3 is 1.89 bits per heavy atom. The van der Waals surface area contributed by atoms with Gasteiger partial charge in [0, 0.05) is 49.9 Å². The van der Waals surface area contributed by atoms with Crippen molar-refractivity contribution in [2.24, 2.45) is 0 Å². The fourth-order valence-corrected chi connectivity index (χ4v) is 6.19. The molecule has 46 heavy (non-hydrogen) atoms. The van der Waals surface area contributed by atoms with Crippen LogP contribution in [-0.2, 0) is 54.0 Å². The lowest BCUT2D eigenvalue weighted by Crippen LogP contribution is -2.63. The van der Waals surface area contributed by atoms with Crippen molar-refractivity contribution in [2.45, 2.75) is 83.8 Å². The molecule has 1 saturated heterocycles. The molecule has 3 aliphatic rings. The highest BCUT2D eigenvalue weighted by Crippen LogP contribution is 2.50. The van der Waals surface area contributed by atoms with Gasteiger partial charge in [-0.3, -0.25) is 28.8 Å². The Morgan fingerprint density at radius 2 is 1.33 bits per heavy atom. The van der Waals surface area contributed by atoms with Gasteiger partial charge in [0.1, 0.15) is 24.2 Å². The van der Waals surface area contributed by atoms with Crippen LogP contribution in [0.3, 0.4) is 0 Å². The lowest BCUT2D eigenvalue weighted by molar-refractivity contribution is -0.318. The number of fused-ring (bicyclic) bond motifs is 3. The Hall–Kier alpha value is -4.82. The van der Waals surface area contributed by atoms with Crippen molar-refractivity contribution in [3.8, 4) is 11.5 Å². The zero-order valence-corrected chi connectivity index (χ0v) is 25.4. The number of carbonyl (C=O) groups excluding carboxylic acids is 6. The van der Waals surface area contributed by atoms with Gasteiger partial charge in [-0.05, 0) is 19.3 Å². The summed E-state index contributed by atoms with van der Waals surface area (Å²) in [5.41, 5.74) is -0.335. The van der Waals surface area contributed by atoms with Crippen molar-refractivity contribution in [3.63, 3.8) is 0 Å². The van der Waals surface area contributed by atoms with Gasteiger partial charge in [0.15, 0.2) is 36.2 Å². The molecule has 2 aliphatic carbocycles. The highest BCUT2D eigenvalue weighted by atomic mass is 16.7. The minimum atomic E-state index is -1.58. The molecule has 2 N–H and O–H groups in total. The molecule has 6 atom stereocenters. The predicted molar refractivity (Wildman–Crippen MR) is 152 cm³/mol. The van der Waals surface area contributed by atoms with E-state index in [1.165, 1.54) is 12.1 Å². The number of hydrogen-bond donors (Lipinski definition) is 2. The summed E-state index contributed by atoms with van der Waals surface area (Å²) in [4.78, 5) is 75.1. The Bertz CT molecular complexity index is 1630. The topological polar surface area (TPSA) is 198 Å². The molecule has 0 aromatic heterocycles. The summed E-state index contributed by atoms with van der Waals surface area (Å²) >= 11 is 0. The third kappa shape index (κ3) is 6.05. The second-order valence-electron chi connectivity index (χ2n) is 11.1. The van der Waals surface area contributed by atoms with Crippen LogP contribution in [0.1, 0.15) is 89.6 Å². The summed E-state index contributed by atoms with van der Waals surface area (Å²) in [6, 6.07) is 6.06. The largest absolute Gasteiger partial charge is 0.507 e. The van der Waals surface area contributed by atoms with Crippen LogP contribution >= 0.6 is 0 Å². The van der Waals surface area contributed by atoms with E-state index in [1.807, 2.05) is 0 Å². The van der Waals surface area contributed by atoms with Crippen LogP contribution in [0, 0.1) is 0 Å². The minimum absolute atomic E-state index is 0.0240. The summed E-state index contributed by atoms with van der Waals surface area (Å²) in [5.74, 6) is -5.47. The lowest BCUT2D eigenvalue weighted by Gasteiger charge is -2.45. The Labute approximate surface area is 262 Å². The molecule has 0 bridgehead atoms. The number of rotatable bonds is 7. The monoisotopic (exact) mass is 640 g/mol. The maximum atomic E-state index is 13.5. The van der Waals surface area contributed by atoms with E-state index in [9.17, 15) is 39.0 Å². The fourth-order valence-electron chi connectivity index (χ4n) is 6.19. The normalized spacial score (nSPS) is 25.0. The summed E-state index contributed by atoms with van der Waals surface area (Å²) in [7, 11) is 0. The molecule has 0 amide bonds. The third-order valence-corrected chi connectivity index (χ3v) is 7.92. The van der Waals surface area contributed by atoms with Crippen molar-refractivity contribution in [1.29, 1.82) is 0 Å². The van der Waals surface area contributed by atoms with Crippen LogP contribution in [0.25, 0.3) is 0 Å². The molecule has 14 heteroatoms.